The first-order valence-electron chi connectivity index (χ1n) is 10.7. The molecule has 4 rings (SSSR count). The van der Waals surface area contributed by atoms with Crippen LogP contribution in [0.5, 0.6) is 5.75 Å². The molecule has 0 saturated heterocycles. The van der Waals surface area contributed by atoms with Gasteiger partial charge in [0.2, 0.25) is 0 Å². The van der Waals surface area contributed by atoms with Gasteiger partial charge in [-0.1, -0.05) is 26.0 Å². The highest BCUT2D eigenvalue weighted by molar-refractivity contribution is 5.95. The predicted molar refractivity (Wildman–Crippen MR) is 119 cm³/mol. The van der Waals surface area contributed by atoms with Crippen molar-refractivity contribution in [2.45, 2.75) is 50.8 Å². The number of anilines is 1. The maximum absolute atomic E-state index is 14.2. The maximum atomic E-state index is 14.2. The highest BCUT2D eigenvalue weighted by atomic mass is 19.4. The smallest absolute Gasteiger partial charge is 0.418 e. The summed E-state index contributed by atoms with van der Waals surface area (Å²) in [7, 11) is 0. The molecule has 0 aliphatic carbocycles. The van der Waals surface area contributed by atoms with Crippen molar-refractivity contribution in [1.82, 2.24) is 4.98 Å². The number of aromatic nitrogens is 1. The van der Waals surface area contributed by atoms with Crippen LogP contribution in [-0.2, 0) is 11.8 Å². The molecule has 0 spiro atoms. The number of fused-ring (bicyclic) bond motifs is 2. The summed E-state index contributed by atoms with van der Waals surface area (Å²) in [5.74, 6) is -0.119. The SMILES string of the molecule is Cc1nccc2c(NCC(O)(CC(C)(C)c3cc(F)cc4c3OCC4)C(F)(F)F)cccc12. The average Bonchev–Trinajstić information content (AvgIpc) is 3.19. The lowest BCUT2D eigenvalue weighted by Gasteiger charge is -2.38. The van der Waals surface area contributed by atoms with Gasteiger partial charge in [-0.15, -0.1) is 0 Å². The molecule has 1 unspecified atom stereocenters. The molecule has 8 heteroatoms. The molecule has 0 fully saturated rings. The van der Waals surface area contributed by atoms with Gasteiger partial charge in [0.1, 0.15) is 11.6 Å². The lowest BCUT2D eigenvalue weighted by Crippen LogP contribution is -2.53. The third-order valence-corrected chi connectivity index (χ3v) is 6.32. The standard InChI is InChI=1S/C25H26F4N2O2/c1-15-18-5-4-6-21(19(18)7-9-30-15)31-14-24(32,25(27,28)29)13-23(2,3)20-12-17(26)11-16-8-10-33-22(16)20/h4-7,9,11-12,31-32H,8,10,13-14H2,1-3H3. The van der Waals surface area contributed by atoms with Crippen molar-refractivity contribution in [3.8, 4) is 5.75 Å². The minimum atomic E-state index is -4.92. The third-order valence-electron chi connectivity index (χ3n) is 6.32. The van der Waals surface area contributed by atoms with E-state index in [4.69, 9.17) is 4.74 Å². The lowest BCUT2D eigenvalue weighted by atomic mass is 9.74. The van der Waals surface area contributed by atoms with Crippen LogP contribution in [0.25, 0.3) is 10.8 Å². The zero-order chi connectivity index (χ0) is 24.0. The second-order valence-electron chi connectivity index (χ2n) is 9.28. The zero-order valence-corrected chi connectivity index (χ0v) is 18.7. The quantitative estimate of drug-likeness (QED) is 0.462. The number of aliphatic hydroxyl groups is 1. The Bertz CT molecular complexity index is 1190. The van der Waals surface area contributed by atoms with Crippen LogP contribution in [0.3, 0.4) is 0 Å². The molecule has 33 heavy (non-hydrogen) atoms. The largest absolute Gasteiger partial charge is 0.493 e. The van der Waals surface area contributed by atoms with Gasteiger partial charge >= 0.3 is 6.18 Å². The van der Waals surface area contributed by atoms with Gasteiger partial charge in [0.15, 0.2) is 5.60 Å². The van der Waals surface area contributed by atoms with Gasteiger partial charge < -0.3 is 15.2 Å². The van der Waals surface area contributed by atoms with Crippen molar-refractivity contribution < 1.29 is 27.4 Å². The topological polar surface area (TPSA) is 54.4 Å². The van der Waals surface area contributed by atoms with E-state index in [1.807, 2.05) is 13.0 Å². The minimum absolute atomic E-state index is 0.324. The fourth-order valence-corrected chi connectivity index (χ4v) is 4.61. The van der Waals surface area contributed by atoms with E-state index in [0.717, 1.165) is 11.1 Å². The van der Waals surface area contributed by atoms with Crippen molar-refractivity contribution in [3.05, 3.63) is 65.2 Å². The summed E-state index contributed by atoms with van der Waals surface area (Å²) in [6.45, 7) is 4.53. The Morgan fingerprint density at radius 2 is 1.88 bits per heavy atom. The fraction of sp³-hybridized carbons (Fsp3) is 0.400. The Balaban J connectivity index is 1.66. The highest BCUT2D eigenvalue weighted by Gasteiger charge is 2.56. The number of halogens is 4. The molecule has 0 bridgehead atoms. The van der Waals surface area contributed by atoms with Crippen LogP contribution in [0.2, 0.25) is 0 Å². The summed E-state index contributed by atoms with van der Waals surface area (Å²) in [5, 5.41) is 15.2. The van der Waals surface area contributed by atoms with Crippen molar-refractivity contribution >= 4 is 16.5 Å². The Morgan fingerprint density at radius 1 is 1.12 bits per heavy atom. The number of rotatable bonds is 6. The number of nitrogens with one attached hydrogen (secondary N) is 1. The van der Waals surface area contributed by atoms with Crippen LogP contribution in [0.4, 0.5) is 23.2 Å². The molecular formula is C25H26F4N2O2. The Labute approximate surface area is 189 Å². The molecule has 0 amide bonds. The number of benzene rings is 2. The second-order valence-corrected chi connectivity index (χ2v) is 9.28. The summed E-state index contributed by atoms with van der Waals surface area (Å²) >= 11 is 0. The molecular weight excluding hydrogens is 436 g/mol. The summed E-state index contributed by atoms with van der Waals surface area (Å²) in [5.41, 5.74) is -2.12. The number of ether oxygens (including phenoxy) is 1. The van der Waals surface area contributed by atoms with E-state index in [-0.39, 0.29) is 0 Å². The normalized spacial score (nSPS) is 15.8. The van der Waals surface area contributed by atoms with Crippen LogP contribution in [0, 0.1) is 12.7 Å². The van der Waals surface area contributed by atoms with Crippen molar-refractivity contribution in [2.24, 2.45) is 0 Å². The molecule has 1 aromatic heterocycles. The number of pyridine rings is 1. The number of hydrogen-bond donors (Lipinski definition) is 2. The molecule has 1 aliphatic rings. The number of hydrogen-bond acceptors (Lipinski definition) is 4. The number of nitrogens with zero attached hydrogens (tertiary/aromatic N) is 1. The maximum Gasteiger partial charge on any atom is 0.418 e. The van der Waals surface area contributed by atoms with E-state index in [1.54, 1.807) is 38.2 Å². The molecule has 2 heterocycles. The highest BCUT2D eigenvalue weighted by Crippen LogP contribution is 2.46. The molecule has 176 valence electrons. The molecule has 2 aromatic carbocycles. The van der Waals surface area contributed by atoms with E-state index in [2.05, 4.69) is 10.3 Å². The Morgan fingerprint density at radius 3 is 2.61 bits per heavy atom. The third kappa shape index (κ3) is 4.36. The molecule has 1 aliphatic heterocycles. The van der Waals surface area contributed by atoms with Gasteiger partial charge in [0.05, 0.1) is 13.2 Å². The molecule has 3 aromatic rings. The van der Waals surface area contributed by atoms with Gasteiger partial charge in [-0.25, -0.2) is 4.39 Å². The summed E-state index contributed by atoms with van der Waals surface area (Å²) in [4.78, 5) is 4.21. The monoisotopic (exact) mass is 462 g/mol. The van der Waals surface area contributed by atoms with Crippen molar-refractivity contribution in [1.29, 1.82) is 0 Å². The average molecular weight is 462 g/mol. The number of alkyl halides is 3. The van der Waals surface area contributed by atoms with E-state index >= 15 is 0 Å². The second kappa shape index (κ2) is 8.17. The molecule has 0 saturated carbocycles. The molecule has 0 radical (unpaired) electrons. The minimum Gasteiger partial charge on any atom is -0.493 e. The number of aryl methyl sites for hydroxylation is 1. The summed E-state index contributed by atoms with van der Waals surface area (Å²) < 4.78 is 62.4. The van der Waals surface area contributed by atoms with Crippen LogP contribution in [-0.4, -0.2) is 35.0 Å². The van der Waals surface area contributed by atoms with Gasteiger partial charge in [-0.3, -0.25) is 4.98 Å². The first-order chi connectivity index (χ1) is 15.4. The van der Waals surface area contributed by atoms with E-state index in [1.165, 1.54) is 12.1 Å². The van der Waals surface area contributed by atoms with Gasteiger partial charge in [0, 0.05) is 45.9 Å². The van der Waals surface area contributed by atoms with Crippen LogP contribution < -0.4 is 10.1 Å². The van der Waals surface area contributed by atoms with E-state index < -0.39 is 36.0 Å². The van der Waals surface area contributed by atoms with Crippen molar-refractivity contribution in [2.75, 3.05) is 18.5 Å². The van der Waals surface area contributed by atoms with Crippen LogP contribution >= 0.6 is 0 Å². The van der Waals surface area contributed by atoms with Gasteiger partial charge in [-0.05, 0) is 43.0 Å². The van der Waals surface area contributed by atoms with Gasteiger partial charge in [-0.2, -0.15) is 13.2 Å². The zero-order valence-electron chi connectivity index (χ0n) is 18.7. The van der Waals surface area contributed by atoms with E-state index in [0.29, 0.717) is 41.0 Å². The molecule has 2 N–H and O–H groups in total. The lowest BCUT2D eigenvalue weighted by molar-refractivity contribution is -0.260. The first-order valence-corrected chi connectivity index (χ1v) is 10.7. The van der Waals surface area contributed by atoms with Gasteiger partial charge in [0.25, 0.3) is 0 Å². The molecule has 4 nitrogen and oxygen atoms in total. The Kier molecular flexibility index (Phi) is 5.76. The van der Waals surface area contributed by atoms with Crippen molar-refractivity contribution in [3.63, 3.8) is 0 Å². The first kappa shape index (κ1) is 23.3. The predicted octanol–water partition coefficient (Wildman–Crippen LogP) is 5.69. The fourth-order valence-electron chi connectivity index (χ4n) is 4.61. The van der Waals surface area contributed by atoms with Crippen LogP contribution in [0.15, 0.2) is 42.6 Å². The van der Waals surface area contributed by atoms with Crippen LogP contribution in [0.1, 0.15) is 37.1 Å². The Hall–Kier alpha value is -2.87. The summed E-state index contributed by atoms with van der Waals surface area (Å²) in [6.07, 6.45) is -3.51. The summed E-state index contributed by atoms with van der Waals surface area (Å²) in [6, 6.07) is 9.49. The molecule has 1 atom stereocenters. The van der Waals surface area contributed by atoms with E-state index in [9.17, 15) is 22.7 Å².